The summed E-state index contributed by atoms with van der Waals surface area (Å²) in [5.41, 5.74) is 0.592. The first-order chi connectivity index (χ1) is 6.19. The molecule has 70 valence electrons. The van der Waals surface area contributed by atoms with E-state index in [4.69, 9.17) is 4.74 Å². The van der Waals surface area contributed by atoms with Crippen molar-refractivity contribution in [3.05, 3.63) is 23.8 Å². The first-order valence-corrected chi connectivity index (χ1v) is 4.01. The molecule has 0 aliphatic rings. The molecule has 0 aliphatic heterocycles. The molecule has 13 heavy (non-hydrogen) atoms. The lowest BCUT2D eigenvalue weighted by Crippen LogP contribution is -1.95. The van der Waals surface area contributed by atoms with Gasteiger partial charge in [-0.2, -0.15) is 0 Å². The minimum atomic E-state index is -0.310. The molecule has 0 amide bonds. The van der Waals surface area contributed by atoms with Crippen molar-refractivity contribution >= 4 is 6.29 Å². The molecule has 1 aromatic rings. The highest BCUT2D eigenvalue weighted by atomic mass is 16.5. The van der Waals surface area contributed by atoms with E-state index in [9.17, 15) is 9.90 Å². The van der Waals surface area contributed by atoms with E-state index in [0.29, 0.717) is 11.3 Å². The number of aromatic hydroxyl groups is 1. The fraction of sp³-hybridized carbons (Fsp3) is 0.300. The van der Waals surface area contributed by atoms with Crippen LogP contribution in [-0.2, 0) is 4.79 Å². The summed E-state index contributed by atoms with van der Waals surface area (Å²) in [6, 6.07) is 4.83. The molecule has 0 radical (unpaired) electrons. The molecule has 0 aliphatic carbocycles. The fourth-order valence-corrected chi connectivity index (χ4v) is 1.10. The highest BCUT2D eigenvalue weighted by molar-refractivity contribution is 5.64. The highest BCUT2D eigenvalue weighted by Crippen LogP contribution is 2.28. The van der Waals surface area contributed by atoms with Gasteiger partial charge < -0.3 is 14.6 Å². The molecule has 1 atom stereocenters. The molecule has 0 aromatic heterocycles. The number of phenols is 1. The van der Waals surface area contributed by atoms with Crippen molar-refractivity contribution < 1.29 is 14.6 Å². The summed E-state index contributed by atoms with van der Waals surface area (Å²) >= 11 is 0. The third-order valence-electron chi connectivity index (χ3n) is 1.93. The smallest absolute Gasteiger partial charge is 0.127 e. The van der Waals surface area contributed by atoms with Crippen LogP contribution in [0.25, 0.3) is 0 Å². The Kier molecular flexibility index (Phi) is 2.90. The topological polar surface area (TPSA) is 46.5 Å². The number of carbonyl (C=O) groups excluding carboxylic acids is 1. The SMILES string of the molecule is COc1ccc(O)c(C(C)C=O)c1. The Bertz CT molecular complexity index is 307. The second kappa shape index (κ2) is 3.94. The number of benzene rings is 1. The quantitative estimate of drug-likeness (QED) is 0.720. The van der Waals surface area contributed by atoms with E-state index < -0.39 is 0 Å². The minimum Gasteiger partial charge on any atom is -0.508 e. The van der Waals surface area contributed by atoms with Crippen LogP contribution in [0.5, 0.6) is 11.5 Å². The van der Waals surface area contributed by atoms with Gasteiger partial charge in [-0.3, -0.25) is 0 Å². The lowest BCUT2D eigenvalue weighted by atomic mass is 10.0. The van der Waals surface area contributed by atoms with Gasteiger partial charge >= 0.3 is 0 Å². The van der Waals surface area contributed by atoms with Crippen molar-refractivity contribution in [3.8, 4) is 11.5 Å². The summed E-state index contributed by atoms with van der Waals surface area (Å²) < 4.78 is 4.98. The van der Waals surface area contributed by atoms with Crippen molar-refractivity contribution in [2.24, 2.45) is 0 Å². The van der Waals surface area contributed by atoms with Crippen LogP contribution in [0.15, 0.2) is 18.2 Å². The van der Waals surface area contributed by atoms with Crippen molar-refractivity contribution in [2.75, 3.05) is 7.11 Å². The predicted octanol–water partition coefficient (Wildman–Crippen LogP) is 1.70. The van der Waals surface area contributed by atoms with Gasteiger partial charge in [-0.1, -0.05) is 6.92 Å². The number of rotatable bonds is 3. The monoisotopic (exact) mass is 180 g/mol. The van der Waals surface area contributed by atoms with Crippen LogP contribution < -0.4 is 4.74 Å². The average molecular weight is 180 g/mol. The Balaban J connectivity index is 3.10. The molecule has 3 nitrogen and oxygen atoms in total. The maximum atomic E-state index is 10.5. The summed E-state index contributed by atoms with van der Waals surface area (Å²) in [4.78, 5) is 10.5. The van der Waals surface area contributed by atoms with Crippen molar-refractivity contribution in [3.63, 3.8) is 0 Å². The molecular formula is C10H12O3. The van der Waals surface area contributed by atoms with Gasteiger partial charge in [-0.05, 0) is 18.2 Å². The lowest BCUT2D eigenvalue weighted by molar-refractivity contribution is -0.108. The van der Waals surface area contributed by atoms with Crippen molar-refractivity contribution in [2.45, 2.75) is 12.8 Å². The van der Waals surface area contributed by atoms with Gasteiger partial charge in [0.25, 0.3) is 0 Å². The zero-order chi connectivity index (χ0) is 9.84. The van der Waals surface area contributed by atoms with Gasteiger partial charge in [0.1, 0.15) is 17.8 Å². The van der Waals surface area contributed by atoms with Crippen LogP contribution in [0, 0.1) is 0 Å². The molecule has 1 unspecified atom stereocenters. The van der Waals surface area contributed by atoms with E-state index in [1.807, 2.05) is 0 Å². The van der Waals surface area contributed by atoms with E-state index in [0.717, 1.165) is 6.29 Å². The zero-order valence-corrected chi connectivity index (χ0v) is 7.65. The Morgan fingerprint density at radius 3 is 2.77 bits per heavy atom. The van der Waals surface area contributed by atoms with E-state index in [-0.39, 0.29) is 11.7 Å². The molecular weight excluding hydrogens is 168 g/mol. The molecule has 1 rings (SSSR count). The molecule has 0 bridgehead atoms. The molecule has 0 fully saturated rings. The summed E-state index contributed by atoms with van der Waals surface area (Å²) in [7, 11) is 1.54. The van der Waals surface area contributed by atoms with Gasteiger partial charge in [0.05, 0.1) is 7.11 Å². The Morgan fingerprint density at radius 1 is 1.54 bits per heavy atom. The molecule has 0 saturated heterocycles. The number of aldehydes is 1. The number of carbonyl (C=O) groups is 1. The van der Waals surface area contributed by atoms with Crippen molar-refractivity contribution in [1.29, 1.82) is 0 Å². The van der Waals surface area contributed by atoms with E-state index in [1.165, 1.54) is 6.07 Å². The molecule has 0 heterocycles. The van der Waals surface area contributed by atoms with Crippen LogP contribution >= 0.6 is 0 Å². The Labute approximate surface area is 77.0 Å². The van der Waals surface area contributed by atoms with Crippen LogP contribution in [-0.4, -0.2) is 18.5 Å². The second-order valence-electron chi connectivity index (χ2n) is 2.85. The van der Waals surface area contributed by atoms with E-state index in [2.05, 4.69) is 0 Å². The average Bonchev–Trinajstić information content (AvgIpc) is 2.17. The number of methoxy groups -OCH3 is 1. The summed E-state index contributed by atoms with van der Waals surface area (Å²) in [6.07, 6.45) is 0.786. The predicted molar refractivity (Wildman–Crippen MR) is 49.1 cm³/mol. The first-order valence-electron chi connectivity index (χ1n) is 4.01. The standard InChI is InChI=1S/C10H12O3/c1-7(6-11)9-5-8(13-2)3-4-10(9)12/h3-7,12H,1-2H3. The van der Waals surface area contributed by atoms with Crippen LogP contribution in [0.2, 0.25) is 0 Å². The highest BCUT2D eigenvalue weighted by Gasteiger charge is 2.09. The van der Waals surface area contributed by atoms with E-state index in [1.54, 1.807) is 26.2 Å². The Hall–Kier alpha value is -1.51. The zero-order valence-electron chi connectivity index (χ0n) is 7.65. The maximum Gasteiger partial charge on any atom is 0.127 e. The summed E-state index contributed by atoms with van der Waals surface area (Å²) in [5.74, 6) is 0.456. The number of ether oxygens (including phenoxy) is 1. The summed E-state index contributed by atoms with van der Waals surface area (Å²) in [6.45, 7) is 1.72. The van der Waals surface area contributed by atoms with Crippen molar-refractivity contribution in [1.82, 2.24) is 0 Å². The molecule has 0 spiro atoms. The Morgan fingerprint density at radius 2 is 2.23 bits per heavy atom. The molecule has 1 N–H and O–H groups in total. The number of hydrogen-bond acceptors (Lipinski definition) is 3. The van der Waals surface area contributed by atoms with Gasteiger partial charge in [-0.15, -0.1) is 0 Å². The largest absolute Gasteiger partial charge is 0.508 e. The van der Waals surface area contributed by atoms with Gasteiger partial charge in [0.15, 0.2) is 0 Å². The number of phenolic OH excluding ortho intramolecular Hbond substituents is 1. The maximum absolute atomic E-state index is 10.5. The van der Waals surface area contributed by atoms with Crippen LogP contribution in [0.1, 0.15) is 18.4 Å². The van der Waals surface area contributed by atoms with Crippen LogP contribution in [0.4, 0.5) is 0 Å². The molecule has 3 heteroatoms. The van der Waals surface area contributed by atoms with E-state index >= 15 is 0 Å². The van der Waals surface area contributed by atoms with Crippen LogP contribution in [0.3, 0.4) is 0 Å². The van der Waals surface area contributed by atoms with Gasteiger partial charge in [-0.25, -0.2) is 0 Å². The number of hydrogen-bond donors (Lipinski definition) is 1. The third-order valence-corrected chi connectivity index (χ3v) is 1.93. The molecule has 0 saturated carbocycles. The fourth-order valence-electron chi connectivity index (χ4n) is 1.10. The first kappa shape index (κ1) is 9.58. The van der Waals surface area contributed by atoms with Gasteiger partial charge in [0, 0.05) is 11.5 Å². The normalized spacial score (nSPS) is 12.2. The minimum absolute atomic E-state index is 0.125. The molecule has 1 aromatic carbocycles. The summed E-state index contributed by atoms with van der Waals surface area (Å²) in [5, 5.41) is 9.42. The third kappa shape index (κ3) is 1.99. The second-order valence-corrected chi connectivity index (χ2v) is 2.85. The van der Waals surface area contributed by atoms with Gasteiger partial charge in [0.2, 0.25) is 0 Å². The lowest BCUT2D eigenvalue weighted by Gasteiger charge is -2.08.